The molecule has 2 heteroatoms. The van der Waals surface area contributed by atoms with Crippen LogP contribution in [0.15, 0.2) is 24.3 Å². The summed E-state index contributed by atoms with van der Waals surface area (Å²) in [4.78, 5) is 0. The lowest BCUT2D eigenvalue weighted by Crippen LogP contribution is -2.01. The lowest BCUT2D eigenvalue weighted by molar-refractivity contribution is -0.000907. The van der Waals surface area contributed by atoms with Gasteiger partial charge in [0.05, 0.1) is 13.2 Å². The van der Waals surface area contributed by atoms with E-state index in [0.29, 0.717) is 13.2 Å². The minimum Gasteiger partial charge on any atom is -0.347 e. The van der Waals surface area contributed by atoms with Crippen LogP contribution in [0.3, 0.4) is 0 Å². The highest BCUT2D eigenvalue weighted by Gasteiger charge is 2.12. The van der Waals surface area contributed by atoms with Crippen molar-refractivity contribution in [3.8, 4) is 0 Å². The highest BCUT2D eigenvalue weighted by Crippen LogP contribution is 2.23. The lowest BCUT2D eigenvalue weighted by atomic mass is 10.1. The first-order valence-electron chi connectivity index (χ1n) is 5.95. The van der Waals surface area contributed by atoms with E-state index in [2.05, 4.69) is 24.3 Å². The van der Waals surface area contributed by atoms with E-state index in [4.69, 9.17) is 9.47 Å². The molecule has 0 atom stereocenters. The highest BCUT2D eigenvalue weighted by atomic mass is 16.7. The van der Waals surface area contributed by atoms with Crippen LogP contribution in [0, 0.1) is 0 Å². The van der Waals surface area contributed by atoms with E-state index in [1.54, 1.807) is 0 Å². The summed E-state index contributed by atoms with van der Waals surface area (Å²) in [6.07, 6.45) is 7.71. The normalized spacial score (nSPS) is 20.8. The van der Waals surface area contributed by atoms with Crippen LogP contribution < -0.4 is 0 Å². The van der Waals surface area contributed by atoms with Gasteiger partial charge < -0.3 is 9.47 Å². The molecule has 0 amide bonds. The molecule has 2 nitrogen and oxygen atoms in total. The van der Waals surface area contributed by atoms with Crippen molar-refractivity contribution >= 4 is 6.08 Å². The SMILES string of the molecule is C(=C\C1OCCO1)/c1ccc2c(c1)CCC2. The number of rotatable bonds is 2. The van der Waals surface area contributed by atoms with Crippen LogP contribution in [0.1, 0.15) is 23.1 Å². The molecule has 1 fully saturated rings. The highest BCUT2D eigenvalue weighted by molar-refractivity contribution is 5.53. The number of hydrogen-bond acceptors (Lipinski definition) is 2. The van der Waals surface area contributed by atoms with Gasteiger partial charge >= 0.3 is 0 Å². The van der Waals surface area contributed by atoms with Gasteiger partial charge in [0.15, 0.2) is 6.29 Å². The molecule has 3 rings (SSSR count). The summed E-state index contributed by atoms with van der Waals surface area (Å²) < 4.78 is 10.7. The van der Waals surface area contributed by atoms with Crippen LogP contribution in [-0.4, -0.2) is 19.5 Å². The Morgan fingerprint density at radius 3 is 2.75 bits per heavy atom. The average molecular weight is 216 g/mol. The molecule has 1 aliphatic carbocycles. The van der Waals surface area contributed by atoms with Gasteiger partial charge in [-0.25, -0.2) is 0 Å². The molecule has 0 unspecified atom stereocenters. The van der Waals surface area contributed by atoms with Gasteiger partial charge in [-0.3, -0.25) is 0 Å². The van der Waals surface area contributed by atoms with Crippen molar-refractivity contribution in [2.45, 2.75) is 25.6 Å². The van der Waals surface area contributed by atoms with E-state index in [0.717, 1.165) is 0 Å². The maximum Gasteiger partial charge on any atom is 0.177 e. The van der Waals surface area contributed by atoms with E-state index in [-0.39, 0.29) is 6.29 Å². The maximum absolute atomic E-state index is 5.36. The smallest absolute Gasteiger partial charge is 0.177 e. The van der Waals surface area contributed by atoms with E-state index in [1.807, 2.05) is 6.08 Å². The fourth-order valence-corrected chi connectivity index (χ4v) is 2.37. The first-order chi connectivity index (χ1) is 7.92. The van der Waals surface area contributed by atoms with Crippen molar-refractivity contribution in [3.63, 3.8) is 0 Å². The van der Waals surface area contributed by atoms with Crippen molar-refractivity contribution in [1.29, 1.82) is 0 Å². The zero-order valence-electron chi connectivity index (χ0n) is 9.32. The fourth-order valence-electron chi connectivity index (χ4n) is 2.37. The molecule has 1 saturated heterocycles. The van der Waals surface area contributed by atoms with E-state index < -0.39 is 0 Å². The van der Waals surface area contributed by atoms with E-state index in [1.165, 1.54) is 36.0 Å². The number of hydrogen-bond donors (Lipinski definition) is 0. The van der Waals surface area contributed by atoms with Crippen LogP contribution in [-0.2, 0) is 22.3 Å². The first kappa shape index (κ1) is 10.1. The van der Waals surface area contributed by atoms with Gasteiger partial charge in [-0.05, 0) is 42.0 Å². The fraction of sp³-hybridized carbons (Fsp3) is 0.429. The molecule has 1 heterocycles. The average Bonchev–Trinajstić information content (AvgIpc) is 2.97. The van der Waals surface area contributed by atoms with Gasteiger partial charge in [0.25, 0.3) is 0 Å². The number of ether oxygens (including phenoxy) is 2. The third-order valence-corrected chi connectivity index (χ3v) is 3.22. The molecule has 2 aliphatic rings. The Bertz CT molecular complexity index is 403. The van der Waals surface area contributed by atoms with Crippen molar-refractivity contribution in [2.75, 3.05) is 13.2 Å². The molecule has 0 bridgehead atoms. The van der Waals surface area contributed by atoms with Gasteiger partial charge in [-0.15, -0.1) is 0 Å². The third-order valence-electron chi connectivity index (χ3n) is 3.22. The summed E-state index contributed by atoms with van der Waals surface area (Å²) >= 11 is 0. The Morgan fingerprint density at radius 2 is 1.88 bits per heavy atom. The van der Waals surface area contributed by atoms with Gasteiger partial charge in [0.2, 0.25) is 0 Å². The van der Waals surface area contributed by atoms with Crippen molar-refractivity contribution in [2.24, 2.45) is 0 Å². The second-order valence-electron chi connectivity index (χ2n) is 4.35. The summed E-state index contributed by atoms with van der Waals surface area (Å²) in [7, 11) is 0. The molecule has 0 radical (unpaired) electrons. The lowest BCUT2D eigenvalue weighted by Gasteiger charge is -2.03. The molecule has 0 N–H and O–H groups in total. The Morgan fingerprint density at radius 1 is 1.06 bits per heavy atom. The summed E-state index contributed by atoms with van der Waals surface area (Å²) in [5.41, 5.74) is 4.28. The van der Waals surface area contributed by atoms with E-state index in [9.17, 15) is 0 Å². The molecular formula is C14H16O2. The minimum absolute atomic E-state index is 0.145. The van der Waals surface area contributed by atoms with Crippen molar-refractivity contribution in [1.82, 2.24) is 0 Å². The van der Waals surface area contributed by atoms with Gasteiger partial charge in [-0.2, -0.15) is 0 Å². The molecule has 16 heavy (non-hydrogen) atoms. The predicted molar refractivity (Wildman–Crippen MR) is 63.2 cm³/mol. The number of fused-ring (bicyclic) bond motifs is 1. The summed E-state index contributed by atoms with van der Waals surface area (Å²) in [6.45, 7) is 1.42. The third kappa shape index (κ3) is 2.04. The zero-order valence-corrected chi connectivity index (χ0v) is 9.32. The zero-order chi connectivity index (χ0) is 10.8. The Labute approximate surface area is 95.9 Å². The summed E-state index contributed by atoms with van der Waals surface area (Å²) in [6, 6.07) is 6.71. The van der Waals surface area contributed by atoms with Crippen LogP contribution in [0.5, 0.6) is 0 Å². The standard InChI is InChI=1S/C14H16O2/c1-2-12-6-4-11(10-13(12)3-1)5-7-14-15-8-9-16-14/h4-7,10,14H,1-3,8-9H2/b7-5+. The maximum atomic E-state index is 5.36. The molecule has 0 aromatic heterocycles. The molecule has 1 aliphatic heterocycles. The van der Waals surface area contributed by atoms with Crippen LogP contribution in [0.2, 0.25) is 0 Å². The van der Waals surface area contributed by atoms with Crippen LogP contribution in [0.25, 0.3) is 6.08 Å². The number of benzene rings is 1. The number of aryl methyl sites for hydroxylation is 2. The van der Waals surface area contributed by atoms with E-state index >= 15 is 0 Å². The Kier molecular flexibility index (Phi) is 2.77. The van der Waals surface area contributed by atoms with Gasteiger partial charge in [-0.1, -0.05) is 24.3 Å². The Hall–Kier alpha value is -1.12. The first-order valence-corrected chi connectivity index (χ1v) is 5.95. The molecule has 1 aromatic rings. The van der Waals surface area contributed by atoms with Crippen molar-refractivity contribution in [3.05, 3.63) is 41.0 Å². The largest absolute Gasteiger partial charge is 0.347 e. The van der Waals surface area contributed by atoms with Crippen LogP contribution >= 0.6 is 0 Å². The molecular weight excluding hydrogens is 200 g/mol. The topological polar surface area (TPSA) is 18.5 Å². The summed E-state index contributed by atoms with van der Waals surface area (Å²) in [5, 5.41) is 0. The monoisotopic (exact) mass is 216 g/mol. The molecule has 84 valence electrons. The molecule has 1 aromatic carbocycles. The second kappa shape index (κ2) is 4.40. The molecule has 0 spiro atoms. The van der Waals surface area contributed by atoms with Gasteiger partial charge in [0, 0.05) is 0 Å². The quantitative estimate of drug-likeness (QED) is 0.756. The summed E-state index contributed by atoms with van der Waals surface area (Å²) in [5.74, 6) is 0. The van der Waals surface area contributed by atoms with Gasteiger partial charge in [0.1, 0.15) is 0 Å². The minimum atomic E-state index is -0.145. The molecule has 0 saturated carbocycles. The predicted octanol–water partition coefficient (Wildman–Crippen LogP) is 2.56. The second-order valence-corrected chi connectivity index (χ2v) is 4.35. The van der Waals surface area contributed by atoms with Crippen molar-refractivity contribution < 1.29 is 9.47 Å². The van der Waals surface area contributed by atoms with Crippen LogP contribution in [0.4, 0.5) is 0 Å². The Balaban J connectivity index is 1.74.